The molecule has 1 spiro atoms. The van der Waals surface area contributed by atoms with E-state index in [-0.39, 0.29) is 17.6 Å². The summed E-state index contributed by atoms with van der Waals surface area (Å²) in [5.74, 6) is 5.43. The van der Waals surface area contributed by atoms with Gasteiger partial charge in [0.1, 0.15) is 0 Å². The Morgan fingerprint density at radius 1 is 1.24 bits per heavy atom. The Kier molecular flexibility index (Phi) is 5.92. The van der Waals surface area contributed by atoms with Gasteiger partial charge in [-0.3, -0.25) is 0 Å². The number of rotatable bonds is 4. The maximum atomic E-state index is 10.4. The van der Waals surface area contributed by atoms with Crippen LogP contribution in [0.4, 0.5) is 0 Å². The van der Waals surface area contributed by atoms with Gasteiger partial charge in [0.15, 0.2) is 0 Å². The molecule has 114 valence electrons. The van der Waals surface area contributed by atoms with Gasteiger partial charge in [-0.05, 0) is 51.0 Å². The minimum Gasteiger partial charge on any atom is -0.392 e. The van der Waals surface area contributed by atoms with E-state index in [0.717, 1.165) is 44.9 Å². The second kappa shape index (κ2) is 7.69. The Hall–Kier alpha value is -1.22. The average Bonchev–Trinajstić information content (AvgIpc) is 2.47. The van der Waals surface area contributed by atoms with Crippen LogP contribution in [0.25, 0.3) is 0 Å². The van der Waals surface area contributed by atoms with Crippen LogP contribution in [0.15, 0.2) is 12.2 Å². The molecule has 1 heterocycles. The van der Waals surface area contributed by atoms with E-state index in [9.17, 15) is 5.11 Å². The molecule has 1 aliphatic heterocycles. The third kappa shape index (κ3) is 3.91. The van der Waals surface area contributed by atoms with Gasteiger partial charge in [0.25, 0.3) is 0 Å². The van der Waals surface area contributed by atoms with Crippen LogP contribution in [0.3, 0.4) is 0 Å². The van der Waals surface area contributed by atoms with E-state index in [1.54, 1.807) is 6.08 Å². The molecule has 2 heteroatoms. The summed E-state index contributed by atoms with van der Waals surface area (Å²) in [7, 11) is 0. The molecule has 0 aromatic heterocycles. The first-order valence-corrected chi connectivity index (χ1v) is 8.24. The van der Waals surface area contributed by atoms with E-state index >= 15 is 0 Å². The molecule has 1 aliphatic carbocycles. The van der Waals surface area contributed by atoms with Crippen LogP contribution in [0, 0.1) is 30.6 Å². The molecule has 2 aliphatic rings. The smallest absolute Gasteiger partial charge is 0.0620 e. The van der Waals surface area contributed by atoms with Gasteiger partial charge < -0.3 is 10.4 Å². The molecule has 1 saturated carbocycles. The van der Waals surface area contributed by atoms with Crippen molar-refractivity contribution in [2.75, 3.05) is 0 Å². The van der Waals surface area contributed by atoms with Crippen LogP contribution >= 0.6 is 0 Å². The van der Waals surface area contributed by atoms with Crippen molar-refractivity contribution < 1.29 is 5.11 Å². The monoisotopic (exact) mass is 285 g/mol. The molecule has 2 N–H and O–H groups in total. The number of nitrogens with one attached hydrogen (secondary N) is 1. The summed E-state index contributed by atoms with van der Waals surface area (Å²) in [6.45, 7) is 0. The molecule has 4 atom stereocenters. The first-order valence-electron chi connectivity index (χ1n) is 8.24. The highest BCUT2D eigenvalue weighted by Crippen LogP contribution is 2.41. The van der Waals surface area contributed by atoms with Crippen LogP contribution < -0.4 is 5.32 Å². The third-order valence-corrected chi connectivity index (χ3v) is 5.12. The summed E-state index contributed by atoms with van der Waals surface area (Å²) in [5.41, 5.74) is 0.0318. The SMILES string of the molecule is C#C/C=C\C1C(O)CCCC12CCC[C@@H](CCCC#C)N2. The molecule has 2 nitrogen and oxygen atoms in total. The Morgan fingerprint density at radius 3 is 2.71 bits per heavy atom. The van der Waals surface area contributed by atoms with Gasteiger partial charge in [0.2, 0.25) is 0 Å². The van der Waals surface area contributed by atoms with E-state index < -0.39 is 0 Å². The summed E-state index contributed by atoms with van der Waals surface area (Å²) >= 11 is 0. The van der Waals surface area contributed by atoms with Gasteiger partial charge in [-0.15, -0.1) is 18.8 Å². The van der Waals surface area contributed by atoms with Gasteiger partial charge in [-0.2, -0.15) is 0 Å². The Balaban J connectivity index is 2.07. The topological polar surface area (TPSA) is 32.3 Å². The molecular weight excluding hydrogens is 258 g/mol. The maximum absolute atomic E-state index is 10.4. The summed E-state index contributed by atoms with van der Waals surface area (Å²) in [4.78, 5) is 0. The molecule has 3 unspecified atom stereocenters. The largest absolute Gasteiger partial charge is 0.392 e. The average molecular weight is 285 g/mol. The number of piperidine rings is 1. The molecule has 0 amide bonds. The van der Waals surface area contributed by atoms with Crippen molar-refractivity contribution in [2.45, 2.75) is 75.5 Å². The lowest BCUT2D eigenvalue weighted by atomic mass is 9.66. The van der Waals surface area contributed by atoms with E-state index in [1.165, 1.54) is 12.8 Å². The maximum Gasteiger partial charge on any atom is 0.0620 e. The Labute approximate surface area is 129 Å². The number of aliphatic hydroxyl groups is 1. The van der Waals surface area contributed by atoms with Crippen molar-refractivity contribution in [1.29, 1.82) is 0 Å². The first-order chi connectivity index (χ1) is 10.2. The van der Waals surface area contributed by atoms with Gasteiger partial charge >= 0.3 is 0 Å². The molecule has 0 aromatic rings. The number of hydrogen-bond acceptors (Lipinski definition) is 2. The van der Waals surface area contributed by atoms with Crippen molar-refractivity contribution in [1.82, 2.24) is 5.32 Å². The standard InChI is InChI=1S/C19H27NO/c1-3-5-7-10-16-11-8-14-19(20-16)15-9-13-18(21)17(19)12-6-4-2/h1-2,6,12,16-18,20-21H,5,7-11,13-15H2/b12-6-/t16-,17?,18?,19?/m1/s1. The number of aliphatic hydroxyl groups excluding tert-OH is 1. The van der Waals surface area contributed by atoms with E-state index in [2.05, 4.69) is 17.2 Å². The highest BCUT2D eigenvalue weighted by Gasteiger charge is 2.45. The van der Waals surface area contributed by atoms with Crippen LogP contribution in [-0.2, 0) is 0 Å². The number of hydrogen-bond donors (Lipinski definition) is 2. The second-order valence-corrected chi connectivity index (χ2v) is 6.50. The fourth-order valence-electron chi connectivity index (χ4n) is 4.15. The predicted molar refractivity (Wildman–Crippen MR) is 87.5 cm³/mol. The van der Waals surface area contributed by atoms with Gasteiger partial charge in [0.05, 0.1) is 6.10 Å². The summed E-state index contributed by atoms with van der Waals surface area (Å²) in [6, 6.07) is 0.527. The van der Waals surface area contributed by atoms with Crippen molar-refractivity contribution >= 4 is 0 Å². The molecule has 0 bridgehead atoms. The zero-order chi connectivity index (χ0) is 15.1. The fraction of sp³-hybridized carbons (Fsp3) is 0.684. The van der Waals surface area contributed by atoms with E-state index in [4.69, 9.17) is 12.8 Å². The summed E-state index contributed by atoms with van der Waals surface area (Å²) in [6.07, 6.45) is 24.0. The van der Waals surface area contributed by atoms with Gasteiger partial charge in [0, 0.05) is 23.9 Å². The number of unbranched alkanes of at least 4 members (excludes halogenated alkanes) is 1. The first kappa shape index (κ1) is 16.2. The third-order valence-electron chi connectivity index (χ3n) is 5.12. The predicted octanol–water partition coefficient (Wildman–Crippen LogP) is 3.02. The van der Waals surface area contributed by atoms with Crippen molar-refractivity contribution in [2.24, 2.45) is 5.92 Å². The summed E-state index contributed by atoms with van der Waals surface area (Å²) in [5, 5.41) is 14.3. The molecule has 1 saturated heterocycles. The van der Waals surface area contributed by atoms with Crippen molar-refractivity contribution in [3.63, 3.8) is 0 Å². The van der Waals surface area contributed by atoms with Crippen molar-refractivity contribution in [3.05, 3.63) is 12.2 Å². The quantitative estimate of drug-likeness (QED) is 0.615. The van der Waals surface area contributed by atoms with Crippen LogP contribution in [0.1, 0.15) is 57.8 Å². The second-order valence-electron chi connectivity index (χ2n) is 6.50. The highest BCUT2D eigenvalue weighted by molar-refractivity contribution is 5.17. The van der Waals surface area contributed by atoms with E-state index in [1.807, 2.05) is 6.08 Å². The zero-order valence-electron chi connectivity index (χ0n) is 12.9. The summed E-state index contributed by atoms with van der Waals surface area (Å²) < 4.78 is 0. The number of terminal acetylenes is 2. The Bertz CT molecular complexity index is 437. The molecular formula is C19H27NO. The van der Waals surface area contributed by atoms with Crippen LogP contribution in [-0.4, -0.2) is 22.8 Å². The highest BCUT2D eigenvalue weighted by atomic mass is 16.3. The van der Waals surface area contributed by atoms with Gasteiger partial charge in [-0.25, -0.2) is 0 Å². The molecule has 0 aromatic carbocycles. The molecule has 2 rings (SSSR count). The minimum atomic E-state index is -0.277. The Morgan fingerprint density at radius 2 is 2.00 bits per heavy atom. The fourth-order valence-corrected chi connectivity index (χ4v) is 4.15. The molecule has 0 radical (unpaired) electrons. The molecule has 21 heavy (non-hydrogen) atoms. The van der Waals surface area contributed by atoms with Crippen molar-refractivity contribution in [3.8, 4) is 24.7 Å². The normalized spacial score (nSPS) is 36.4. The molecule has 2 fully saturated rings. The lowest BCUT2D eigenvalue weighted by Gasteiger charge is -2.51. The lowest BCUT2D eigenvalue weighted by Crippen LogP contribution is -2.61. The number of allylic oxidation sites excluding steroid dienone is 1. The lowest BCUT2D eigenvalue weighted by molar-refractivity contribution is 0.00278. The minimum absolute atomic E-state index is 0.0318. The zero-order valence-corrected chi connectivity index (χ0v) is 12.9. The van der Waals surface area contributed by atoms with Gasteiger partial charge in [-0.1, -0.05) is 18.4 Å². The van der Waals surface area contributed by atoms with E-state index in [0.29, 0.717) is 6.04 Å². The van der Waals surface area contributed by atoms with Crippen LogP contribution in [0.2, 0.25) is 0 Å². The van der Waals surface area contributed by atoms with Crippen LogP contribution in [0.5, 0.6) is 0 Å².